The number of hydrazone groups is 1. The minimum atomic E-state index is -4.12. The summed E-state index contributed by atoms with van der Waals surface area (Å²) in [6.07, 6.45) is 0. The van der Waals surface area contributed by atoms with Gasteiger partial charge in [0.15, 0.2) is 0 Å². The minimum Gasteiger partial charge on any atom is -0.507 e. The number of sulfonamides is 1. The molecule has 0 saturated carbocycles. The number of ether oxygens (including phenoxy) is 1. The molecule has 0 aliphatic rings. The Morgan fingerprint density at radius 1 is 1.27 bits per heavy atom. The summed E-state index contributed by atoms with van der Waals surface area (Å²) in [6.45, 7) is 3.00. The standard InChI is InChI=1S/C16H17N3O6S/c1-10-4-6-13(9-15(10)19(21)22)26(23,24)18-17-11(2)14-8-12(25-3)5-7-16(14)20/h4-9,18,20H,1-3H3/b17-11+. The second-order valence-electron chi connectivity index (χ2n) is 5.38. The van der Waals surface area contributed by atoms with E-state index in [1.807, 2.05) is 4.83 Å². The van der Waals surface area contributed by atoms with Gasteiger partial charge in [0, 0.05) is 17.2 Å². The van der Waals surface area contributed by atoms with E-state index in [0.717, 1.165) is 6.07 Å². The number of nitrogens with zero attached hydrogens (tertiary/aromatic N) is 2. The van der Waals surface area contributed by atoms with Crippen molar-refractivity contribution in [1.29, 1.82) is 0 Å². The first-order valence-electron chi connectivity index (χ1n) is 7.34. The number of aromatic hydroxyl groups is 1. The minimum absolute atomic E-state index is 0.0998. The number of nitro groups is 1. The fourth-order valence-corrected chi connectivity index (χ4v) is 3.00. The van der Waals surface area contributed by atoms with E-state index < -0.39 is 14.9 Å². The first kappa shape index (κ1) is 19.2. The Balaban J connectivity index is 2.34. The Labute approximate surface area is 150 Å². The summed E-state index contributed by atoms with van der Waals surface area (Å²) in [5.41, 5.74) is 0.502. The zero-order valence-electron chi connectivity index (χ0n) is 14.3. The van der Waals surface area contributed by atoms with Crippen LogP contribution in [0.2, 0.25) is 0 Å². The summed E-state index contributed by atoms with van der Waals surface area (Å²) >= 11 is 0. The van der Waals surface area contributed by atoms with Crippen LogP contribution in [0.4, 0.5) is 5.69 Å². The van der Waals surface area contributed by atoms with Gasteiger partial charge in [-0.05, 0) is 38.1 Å². The topological polar surface area (TPSA) is 131 Å². The molecule has 0 amide bonds. The lowest BCUT2D eigenvalue weighted by molar-refractivity contribution is -0.385. The van der Waals surface area contributed by atoms with Crippen molar-refractivity contribution in [3.05, 3.63) is 57.6 Å². The van der Waals surface area contributed by atoms with Gasteiger partial charge in [-0.1, -0.05) is 6.07 Å². The molecule has 2 rings (SSSR count). The third kappa shape index (κ3) is 4.09. The highest BCUT2D eigenvalue weighted by Gasteiger charge is 2.19. The Morgan fingerprint density at radius 3 is 2.58 bits per heavy atom. The van der Waals surface area contributed by atoms with Crippen LogP contribution < -0.4 is 9.57 Å². The molecule has 10 heteroatoms. The largest absolute Gasteiger partial charge is 0.507 e. The molecule has 0 aliphatic carbocycles. The molecule has 0 spiro atoms. The molecule has 2 aromatic rings. The maximum absolute atomic E-state index is 12.3. The van der Waals surface area contributed by atoms with Gasteiger partial charge in [-0.3, -0.25) is 10.1 Å². The van der Waals surface area contributed by atoms with Crippen molar-refractivity contribution in [2.24, 2.45) is 5.10 Å². The van der Waals surface area contributed by atoms with Crippen molar-refractivity contribution in [2.45, 2.75) is 18.7 Å². The van der Waals surface area contributed by atoms with Crippen molar-refractivity contribution in [2.75, 3.05) is 7.11 Å². The molecule has 138 valence electrons. The van der Waals surface area contributed by atoms with E-state index in [4.69, 9.17) is 4.74 Å². The van der Waals surface area contributed by atoms with Gasteiger partial charge in [0.25, 0.3) is 15.7 Å². The van der Waals surface area contributed by atoms with E-state index in [9.17, 15) is 23.6 Å². The Morgan fingerprint density at radius 2 is 1.96 bits per heavy atom. The number of hydrogen-bond donors (Lipinski definition) is 2. The van der Waals surface area contributed by atoms with Gasteiger partial charge in [0.05, 0.1) is 22.6 Å². The number of hydrogen-bond acceptors (Lipinski definition) is 7. The van der Waals surface area contributed by atoms with Crippen molar-refractivity contribution < 1.29 is 23.2 Å². The molecule has 0 aliphatic heterocycles. The van der Waals surface area contributed by atoms with E-state index in [2.05, 4.69) is 5.10 Å². The van der Waals surface area contributed by atoms with Gasteiger partial charge in [-0.2, -0.15) is 18.4 Å². The van der Waals surface area contributed by atoms with Crippen LogP contribution in [0.1, 0.15) is 18.1 Å². The maximum atomic E-state index is 12.3. The molecular weight excluding hydrogens is 362 g/mol. The number of nitrogens with one attached hydrogen (secondary N) is 1. The zero-order chi connectivity index (χ0) is 19.5. The van der Waals surface area contributed by atoms with Crippen molar-refractivity contribution in [3.63, 3.8) is 0 Å². The van der Waals surface area contributed by atoms with Gasteiger partial charge in [-0.25, -0.2) is 0 Å². The number of phenols is 1. The summed E-state index contributed by atoms with van der Waals surface area (Å²) in [6, 6.07) is 7.99. The fourth-order valence-electron chi connectivity index (χ4n) is 2.13. The highest BCUT2D eigenvalue weighted by molar-refractivity contribution is 7.89. The predicted molar refractivity (Wildman–Crippen MR) is 95.0 cm³/mol. The molecule has 0 heterocycles. The molecule has 0 fully saturated rings. The predicted octanol–water partition coefficient (Wildman–Crippen LogP) is 2.32. The molecule has 0 bridgehead atoms. The van der Waals surface area contributed by atoms with Gasteiger partial charge in [-0.15, -0.1) is 0 Å². The molecule has 2 N–H and O–H groups in total. The molecule has 0 unspecified atom stereocenters. The number of nitro benzene ring substituents is 1. The molecule has 26 heavy (non-hydrogen) atoms. The first-order valence-corrected chi connectivity index (χ1v) is 8.82. The van der Waals surface area contributed by atoms with Crippen molar-refractivity contribution in [3.8, 4) is 11.5 Å². The second kappa shape index (κ2) is 7.40. The summed E-state index contributed by atoms with van der Waals surface area (Å²) in [5, 5.41) is 24.6. The van der Waals surface area contributed by atoms with Crippen LogP contribution in [0.5, 0.6) is 11.5 Å². The molecular formula is C16H17N3O6S. The van der Waals surface area contributed by atoms with E-state index in [1.54, 1.807) is 6.07 Å². The molecule has 9 nitrogen and oxygen atoms in total. The lowest BCUT2D eigenvalue weighted by Crippen LogP contribution is -2.20. The fraction of sp³-hybridized carbons (Fsp3) is 0.188. The lowest BCUT2D eigenvalue weighted by atomic mass is 10.1. The number of methoxy groups -OCH3 is 1. The van der Waals surface area contributed by atoms with Crippen LogP contribution in [0.25, 0.3) is 0 Å². The summed E-state index contributed by atoms with van der Waals surface area (Å²) < 4.78 is 29.7. The van der Waals surface area contributed by atoms with E-state index in [-0.39, 0.29) is 27.6 Å². The maximum Gasteiger partial charge on any atom is 0.276 e. The smallest absolute Gasteiger partial charge is 0.276 e. The SMILES string of the molecule is COc1ccc(O)c(/C(C)=N/NS(=O)(=O)c2ccc(C)c([N+](=O)[O-])c2)c1. The van der Waals surface area contributed by atoms with Gasteiger partial charge in [0.1, 0.15) is 11.5 Å². The third-order valence-corrected chi connectivity index (χ3v) is 4.82. The van der Waals surface area contributed by atoms with Crippen LogP contribution in [0, 0.1) is 17.0 Å². The van der Waals surface area contributed by atoms with Crippen LogP contribution in [0.15, 0.2) is 46.4 Å². The summed E-state index contributed by atoms with van der Waals surface area (Å²) in [5.74, 6) is 0.363. The molecule has 0 aromatic heterocycles. The van der Waals surface area contributed by atoms with Crippen LogP contribution >= 0.6 is 0 Å². The average molecular weight is 379 g/mol. The van der Waals surface area contributed by atoms with E-state index >= 15 is 0 Å². The van der Waals surface area contributed by atoms with Crippen molar-refractivity contribution in [1.82, 2.24) is 4.83 Å². The first-order chi connectivity index (χ1) is 12.2. The monoisotopic (exact) mass is 379 g/mol. The third-order valence-electron chi connectivity index (χ3n) is 3.61. The molecule has 2 aromatic carbocycles. The summed E-state index contributed by atoms with van der Waals surface area (Å²) in [4.78, 5) is 12.0. The highest BCUT2D eigenvalue weighted by Crippen LogP contribution is 2.24. The highest BCUT2D eigenvalue weighted by atomic mass is 32.2. The number of phenolic OH excluding ortho intramolecular Hbond substituents is 1. The van der Waals surface area contributed by atoms with Gasteiger partial charge < -0.3 is 9.84 Å². The lowest BCUT2D eigenvalue weighted by Gasteiger charge is -2.08. The summed E-state index contributed by atoms with van der Waals surface area (Å²) in [7, 11) is -2.67. The Hall–Kier alpha value is -3.14. The van der Waals surface area contributed by atoms with Crippen LogP contribution in [-0.2, 0) is 10.0 Å². The quantitative estimate of drug-likeness (QED) is 0.450. The molecule has 0 radical (unpaired) electrons. The Bertz CT molecular complexity index is 985. The zero-order valence-corrected chi connectivity index (χ0v) is 15.1. The number of rotatable bonds is 6. The average Bonchev–Trinajstić information content (AvgIpc) is 2.60. The van der Waals surface area contributed by atoms with Crippen LogP contribution in [0.3, 0.4) is 0 Å². The molecule has 0 atom stereocenters. The normalized spacial score (nSPS) is 11.9. The Kier molecular flexibility index (Phi) is 5.46. The van der Waals surface area contributed by atoms with Gasteiger partial charge >= 0.3 is 0 Å². The number of benzene rings is 2. The second-order valence-corrected chi connectivity index (χ2v) is 7.04. The van der Waals surface area contributed by atoms with Crippen LogP contribution in [-0.4, -0.2) is 31.3 Å². The number of aryl methyl sites for hydroxylation is 1. The van der Waals surface area contributed by atoms with Crippen molar-refractivity contribution >= 4 is 21.4 Å². The van der Waals surface area contributed by atoms with E-state index in [1.165, 1.54) is 45.2 Å². The van der Waals surface area contributed by atoms with Gasteiger partial charge in [0.2, 0.25) is 0 Å². The van der Waals surface area contributed by atoms with E-state index in [0.29, 0.717) is 11.3 Å². The molecule has 0 saturated heterocycles.